The molecule has 0 fully saturated rings. The van der Waals surface area contributed by atoms with Crippen molar-refractivity contribution in [2.75, 3.05) is 11.9 Å². The van der Waals surface area contributed by atoms with Gasteiger partial charge in [0.2, 0.25) is 5.95 Å². The van der Waals surface area contributed by atoms with Gasteiger partial charge in [0.25, 0.3) is 5.56 Å². The average molecular weight is 383 g/mol. The number of ether oxygens (including phenoxy) is 1. The summed E-state index contributed by atoms with van der Waals surface area (Å²) in [5.74, 6) is 0.262. The summed E-state index contributed by atoms with van der Waals surface area (Å²) in [5.41, 5.74) is 1.80. The Morgan fingerprint density at radius 1 is 1.25 bits per heavy atom. The van der Waals surface area contributed by atoms with Crippen LogP contribution in [0.2, 0.25) is 0 Å². The Bertz CT molecular complexity index is 1100. The van der Waals surface area contributed by atoms with E-state index in [1.165, 1.54) is 29.0 Å². The first-order valence-corrected chi connectivity index (χ1v) is 9.03. The Kier molecular flexibility index (Phi) is 4.81. The van der Waals surface area contributed by atoms with Crippen LogP contribution in [-0.4, -0.2) is 16.2 Å². The Balaban J connectivity index is 1.62. The molecule has 0 radical (unpaired) electrons. The van der Waals surface area contributed by atoms with Gasteiger partial charge in [-0.25, -0.2) is 13.8 Å². The second-order valence-electron chi connectivity index (χ2n) is 6.68. The van der Waals surface area contributed by atoms with Crippen LogP contribution in [-0.2, 0) is 20.0 Å². The molecule has 2 aromatic carbocycles. The van der Waals surface area contributed by atoms with Gasteiger partial charge in [-0.1, -0.05) is 12.1 Å². The van der Waals surface area contributed by atoms with Crippen LogP contribution in [0.5, 0.6) is 5.75 Å². The van der Waals surface area contributed by atoms with Crippen molar-refractivity contribution in [1.82, 2.24) is 9.55 Å². The number of rotatable bonds is 4. The van der Waals surface area contributed by atoms with Crippen LogP contribution >= 0.6 is 0 Å². The summed E-state index contributed by atoms with van der Waals surface area (Å²) < 4.78 is 34.8. The smallest absolute Gasteiger partial charge is 0.262 e. The number of aromatic nitrogens is 2. The molecular weight excluding hydrogens is 364 g/mol. The van der Waals surface area contributed by atoms with Gasteiger partial charge in [-0.3, -0.25) is 9.36 Å². The van der Waals surface area contributed by atoms with Crippen molar-refractivity contribution in [1.29, 1.82) is 0 Å². The van der Waals surface area contributed by atoms with Crippen LogP contribution < -0.4 is 15.6 Å². The lowest BCUT2D eigenvalue weighted by Gasteiger charge is -2.21. The number of anilines is 1. The lowest BCUT2D eigenvalue weighted by molar-refractivity contribution is 0.286. The molecule has 1 aliphatic rings. The van der Waals surface area contributed by atoms with Gasteiger partial charge in [-0.2, -0.15) is 0 Å². The summed E-state index contributed by atoms with van der Waals surface area (Å²) in [7, 11) is 1.57. The minimum absolute atomic E-state index is 0.179. The Morgan fingerprint density at radius 2 is 2.11 bits per heavy atom. The highest BCUT2D eigenvalue weighted by molar-refractivity contribution is 5.62. The normalized spacial score (nSPS) is 13.0. The number of hydrogen-bond donors (Lipinski definition) is 1. The van der Waals surface area contributed by atoms with Crippen molar-refractivity contribution in [3.63, 3.8) is 0 Å². The van der Waals surface area contributed by atoms with Crippen molar-refractivity contribution >= 4 is 5.95 Å². The monoisotopic (exact) mass is 383 g/mol. The van der Waals surface area contributed by atoms with Gasteiger partial charge in [-0.15, -0.1) is 0 Å². The van der Waals surface area contributed by atoms with E-state index in [1.807, 2.05) is 0 Å². The molecule has 2 heterocycles. The number of nitrogens with zero attached hydrogens (tertiary/aromatic N) is 2. The molecule has 3 aromatic rings. The van der Waals surface area contributed by atoms with Crippen LogP contribution in [0.1, 0.15) is 17.5 Å². The Morgan fingerprint density at radius 3 is 2.93 bits per heavy atom. The summed E-state index contributed by atoms with van der Waals surface area (Å²) >= 11 is 0. The Labute approximate surface area is 160 Å². The number of hydrogen-bond acceptors (Lipinski definition) is 4. The zero-order chi connectivity index (χ0) is 19.7. The van der Waals surface area contributed by atoms with Crippen LogP contribution in [0.15, 0.2) is 47.4 Å². The number of fused-ring (bicyclic) bond motifs is 1. The SMILES string of the molecule is Cn1c(NCc2c(F)ccc3c2CCCO3)ncc(-c2cccc(F)c2)c1=O. The molecule has 4 rings (SSSR count). The summed E-state index contributed by atoms with van der Waals surface area (Å²) in [4.78, 5) is 17.0. The fourth-order valence-electron chi connectivity index (χ4n) is 3.40. The van der Waals surface area contributed by atoms with E-state index in [-0.39, 0.29) is 17.9 Å². The van der Waals surface area contributed by atoms with E-state index in [2.05, 4.69) is 10.3 Å². The molecule has 144 valence electrons. The third-order valence-corrected chi connectivity index (χ3v) is 4.89. The van der Waals surface area contributed by atoms with E-state index in [0.29, 0.717) is 35.0 Å². The lowest BCUT2D eigenvalue weighted by Crippen LogP contribution is -2.24. The van der Waals surface area contributed by atoms with E-state index in [4.69, 9.17) is 4.74 Å². The molecule has 0 atom stereocenters. The van der Waals surface area contributed by atoms with E-state index >= 15 is 0 Å². The van der Waals surface area contributed by atoms with E-state index in [9.17, 15) is 13.6 Å². The molecule has 0 bridgehead atoms. The van der Waals surface area contributed by atoms with Crippen molar-refractivity contribution in [2.45, 2.75) is 19.4 Å². The quantitative estimate of drug-likeness (QED) is 0.747. The molecule has 0 unspecified atom stereocenters. The first kappa shape index (κ1) is 18.2. The average Bonchev–Trinajstić information content (AvgIpc) is 2.70. The molecular formula is C21H19F2N3O2. The van der Waals surface area contributed by atoms with Crippen molar-refractivity contribution < 1.29 is 13.5 Å². The highest BCUT2D eigenvalue weighted by atomic mass is 19.1. The number of halogens is 2. The summed E-state index contributed by atoms with van der Waals surface area (Å²) in [5, 5.41) is 3.03. The first-order valence-electron chi connectivity index (χ1n) is 9.03. The number of benzene rings is 2. The maximum Gasteiger partial charge on any atom is 0.262 e. The molecule has 0 aliphatic carbocycles. The Hall–Kier alpha value is -3.22. The zero-order valence-corrected chi connectivity index (χ0v) is 15.3. The minimum atomic E-state index is -0.423. The van der Waals surface area contributed by atoms with Crippen molar-refractivity contribution in [2.24, 2.45) is 7.05 Å². The largest absolute Gasteiger partial charge is 0.493 e. The third-order valence-electron chi connectivity index (χ3n) is 4.89. The predicted molar refractivity (Wildman–Crippen MR) is 102 cm³/mol. The van der Waals surface area contributed by atoms with E-state index in [1.54, 1.807) is 25.2 Å². The van der Waals surface area contributed by atoms with Crippen molar-refractivity contribution in [3.05, 3.63) is 75.7 Å². The second kappa shape index (κ2) is 7.42. The summed E-state index contributed by atoms with van der Waals surface area (Å²) in [6.45, 7) is 0.807. The predicted octanol–water partition coefficient (Wildman–Crippen LogP) is 3.66. The van der Waals surface area contributed by atoms with Crippen LogP contribution in [0.4, 0.5) is 14.7 Å². The fourth-order valence-corrected chi connectivity index (χ4v) is 3.40. The molecule has 5 nitrogen and oxygen atoms in total. The molecule has 0 saturated heterocycles. The van der Waals surface area contributed by atoms with Gasteiger partial charge in [0.1, 0.15) is 17.4 Å². The van der Waals surface area contributed by atoms with Crippen LogP contribution in [0, 0.1) is 11.6 Å². The minimum Gasteiger partial charge on any atom is -0.493 e. The fraction of sp³-hybridized carbons (Fsp3) is 0.238. The molecule has 1 aromatic heterocycles. The zero-order valence-electron chi connectivity index (χ0n) is 15.3. The van der Waals surface area contributed by atoms with Crippen LogP contribution in [0.3, 0.4) is 0 Å². The topological polar surface area (TPSA) is 56.1 Å². The summed E-state index contributed by atoms with van der Waals surface area (Å²) in [6, 6.07) is 8.84. The summed E-state index contributed by atoms with van der Waals surface area (Å²) in [6.07, 6.45) is 2.98. The van der Waals surface area contributed by atoms with Crippen molar-refractivity contribution in [3.8, 4) is 16.9 Å². The molecule has 28 heavy (non-hydrogen) atoms. The van der Waals surface area contributed by atoms with Gasteiger partial charge in [0.15, 0.2) is 0 Å². The maximum absolute atomic E-state index is 14.4. The molecule has 7 heteroatoms. The highest BCUT2D eigenvalue weighted by Gasteiger charge is 2.18. The molecule has 0 amide bonds. The van der Waals surface area contributed by atoms with Gasteiger partial charge in [0, 0.05) is 30.9 Å². The maximum atomic E-state index is 14.4. The first-order chi connectivity index (χ1) is 13.5. The van der Waals surface area contributed by atoms with Gasteiger partial charge in [-0.05, 0) is 42.7 Å². The number of nitrogens with one attached hydrogen (secondary N) is 1. The molecule has 1 aliphatic heterocycles. The molecule has 0 saturated carbocycles. The van der Waals surface area contributed by atoms with Gasteiger partial charge >= 0.3 is 0 Å². The van der Waals surface area contributed by atoms with E-state index in [0.717, 1.165) is 18.4 Å². The third kappa shape index (κ3) is 3.35. The van der Waals surface area contributed by atoms with Gasteiger partial charge in [0.05, 0.1) is 12.2 Å². The van der Waals surface area contributed by atoms with Crippen LogP contribution in [0.25, 0.3) is 11.1 Å². The highest BCUT2D eigenvalue weighted by Crippen LogP contribution is 2.30. The van der Waals surface area contributed by atoms with Gasteiger partial charge < -0.3 is 10.1 Å². The van der Waals surface area contributed by atoms with E-state index < -0.39 is 5.82 Å². The second-order valence-corrected chi connectivity index (χ2v) is 6.68. The lowest BCUT2D eigenvalue weighted by atomic mass is 9.99. The molecule has 0 spiro atoms. The molecule has 1 N–H and O–H groups in total. The standard InChI is InChI=1S/C21H19F2N3O2/c1-26-20(27)16(13-4-2-5-14(22)10-13)11-24-21(26)25-12-17-15-6-3-9-28-19(15)8-7-18(17)23/h2,4-5,7-8,10-11H,3,6,9,12H2,1H3,(H,24,25).